The van der Waals surface area contributed by atoms with Crippen molar-refractivity contribution >= 4 is 18.0 Å². The van der Waals surface area contributed by atoms with E-state index < -0.39 is 0 Å². The largest absolute Gasteiger partial charge is 0.252 e. The molecule has 0 radical (unpaired) electrons. The molecule has 1 aromatic rings. The molecule has 2 rings (SSSR count). The predicted octanol–water partition coefficient (Wildman–Crippen LogP) is 3.83. The van der Waals surface area contributed by atoms with Crippen molar-refractivity contribution in [2.75, 3.05) is 0 Å². The highest BCUT2D eigenvalue weighted by Crippen LogP contribution is 2.24. The Balaban J connectivity index is 2.53. The third kappa shape index (κ3) is 2.54. The van der Waals surface area contributed by atoms with E-state index in [-0.39, 0.29) is 5.41 Å². The van der Waals surface area contributed by atoms with Crippen LogP contribution in [0.5, 0.6) is 0 Å². The Morgan fingerprint density at radius 1 is 1.24 bits per heavy atom. The normalized spacial score (nSPS) is 14.2. The number of hydrogen-bond acceptors (Lipinski definition) is 2. The number of pyridine rings is 1. The molecule has 0 atom stereocenters. The third-order valence-corrected chi connectivity index (χ3v) is 2.82. The molecule has 1 aliphatic heterocycles. The monoisotopic (exact) mass is 226 g/mol. The molecular weight excluding hydrogens is 208 g/mol. The third-order valence-electron chi connectivity index (χ3n) is 2.82. The molecule has 2 heterocycles. The van der Waals surface area contributed by atoms with Crippen LogP contribution >= 0.6 is 0 Å². The Bertz CT molecular complexity index is 524. The van der Waals surface area contributed by atoms with E-state index >= 15 is 0 Å². The Labute approximate surface area is 103 Å². The van der Waals surface area contributed by atoms with E-state index in [0.717, 1.165) is 29.1 Å². The molecule has 1 aromatic heterocycles. The number of aromatic nitrogens is 1. The van der Waals surface area contributed by atoms with Crippen molar-refractivity contribution in [1.29, 1.82) is 0 Å². The van der Waals surface area contributed by atoms with E-state index in [1.54, 1.807) is 0 Å². The highest BCUT2D eigenvalue weighted by Gasteiger charge is 2.16. The molecule has 0 bridgehead atoms. The van der Waals surface area contributed by atoms with Crippen LogP contribution in [0.1, 0.15) is 51.1 Å². The Hall–Kier alpha value is -1.66. The Morgan fingerprint density at radius 2 is 2.00 bits per heavy atom. The molecule has 2 heteroatoms. The molecule has 0 amide bonds. The number of allylic oxidation sites excluding steroid dienone is 1. The van der Waals surface area contributed by atoms with Crippen molar-refractivity contribution in [2.45, 2.75) is 39.5 Å². The van der Waals surface area contributed by atoms with Crippen LogP contribution in [0.15, 0.2) is 22.8 Å². The second-order valence-electron chi connectivity index (χ2n) is 5.30. The summed E-state index contributed by atoms with van der Waals surface area (Å²) in [5.41, 5.74) is 4.31. The van der Waals surface area contributed by atoms with Crippen molar-refractivity contribution in [3.8, 4) is 0 Å². The first-order valence-corrected chi connectivity index (χ1v) is 6.02. The summed E-state index contributed by atoms with van der Waals surface area (Å²) in [6.07, 6.45) is 4.87. The minimum atomic E-state index is 0.0730. The quantitative estimate of drug-likeness (QED) is 0.714. The number of fused-ring (bicyclic) bond motifs is 1. The van der Waals surface area contributed by atoms with Gasteiger partial charge in [0, 0.05) is 22.7 Å². The minimum Gasteiger partial charge on any atom is -0.252 e. The highest BCUT2D eigenvalue weighted by atomic mass is 14.8. The van der Waals surface area contributed by atoms with Crippen molar-refractivity contribution < 1.29 is 0 Å². The van der Waals surface area contributed by atoms with Crippen molar-refractivity contribution in [3.63, 3.8) is 0 Å². The van der Waals surface area contributed by atoms with Gasteiger partial charge in [0.05, 0.1) is 11.4 Å². The van der Waals surface area contributed by atoms with Crippen molar-refractivity contribution in [1.82, 2.24) is 4.98 Å². The first kappa shape index (κ1) is 11.8. The summed E-state index contributed by atoms with van der Waals surface area (Å²) in [5.74, 6) is 2.95. The second kappa shape index (κ2) is 4.31. The molecule has 17 heavy (non-hydrogen) atoms. The standard InChI is InChI=1S/C15H18N2/c1-5-12-10-11-6-7-14(15(2,3)4)17-13(11)8-9-16-12/h6-8,10H,5H2,1-4H3. The molecule has 1 aliphatic rings. The van der Waals surface area contributed by atoms with Gasteiger partial charge in [0.2, 0.25) is 0 Å². The molecule has 0 N–H and O–H groups in total. The first-order chi connectivity index (χ1) is 8.00. The Morgan fingerprint density at radius 3 is 2.65 bits per heavy atom. The van der Waals surface area contributed by atoms with Crippen LogP contribution in [0, 0.1) is 0 Å². The lowest BCUT2D eigenvalue weighted by Crippen LogP contribution is -2.14. The van der Waals surface area contributed by atoms with Gasteiger partial charge in [0.15, 0.2) is 0 Å². The predicted molar refractivity (Wildman–Crippen MR) is 73.1 cm³/mol. The van der Waals surface area contributed by atoms with Crippen LogP contribution in [0.4, 0.5) is 0 Å². The first-order valence-electron chi connectivity index (χ1n) is 6.02. The SMILES string of the molecule is CCC1=Cc2ccc(C(C)(C)C)nc2C=C=N1. The second-order valence-corrected chi connectivity index (χ2v) is 5.30. The van der Waals surface area contributed by atoms with E-state index in [2.05, 4.69) is 56.8 Å². The molecule has 0 saturated carbocycles. The van der Waals surface area contributed by atoms with Gasteiger partial charge in [-0.15, -0.1) is 0 Å². The lowest BCUT2D eigenvalue weighted by atomic mass is 9.91. The van der Waals surface area contributed by atoms with Crippen molar-refractivity contribution in [3.05, 3.63) is 34.8 Å². The maximum absolute atomic E-state index is 4.69. The molecule has 0 saturated heterocycles. The van der Waals surface area contributed by atoms with Crippen LogP contribution in [-0.4, -0.2) is 10.9 Å². The summed E-state index contributed by atoms with van der Waals surface area (Å²) in [4.78, 5) is 8.95. The topological polar surface area (TPSA) is 25.2 Å². The molecule has 0 unspecified atom stereocenters. The zero-order valence-electron chi connectivity index (χ0n) is 10.9. The maximum atomic E-state index is 4.69. The lowest BCUT2D eigenvalue weighted by Gasteiger charge is -2.18. The smallest absolute Gasteiger partial charge is 0.0798 e. The summed E-state index contributed by atoms with van der Waals surface area (Å²) < 4.78 is 0. The van der Waals surface area contributed by atoms with Gasteiger partial charge in [-0.3, -0.25) is 4.98 Å². The van der Waals surface area contributed by atoms with Gasteiger partial charge in [-0.05, 0) is 24.4 Å². The van der Waals surface area contributed by atoms with E-state index in [1.807, 2.05) is 6.08 Å². The molecule has 2 nitrogen and oxygen atoms in total. The van der Waals surface area contributed by atoms with E-state index in [1.165, 1.54) is 0 Å². The van der Waals surface area contributed by atoms with Gasteiger partial charge in [-0.1, -0.05) is 33.8 Å². The molecule has 88 valence electrons. The highest BCUT2D eigenvalue weighted by molar-refractivity contribution is 5.83. The molecular formula is C15H18N2. The summed E-state index contributed by atoms with van der Waals surface area (Å²) in [5, 5.41) is 0. The zero-order valence-corrected chi connectivity index (χ0v) is 10.9. The maximum Gasteiger partial charge on any atom is 0.0798 e. The lowest BCUT2D eigenvalue weighted by molar-refractivity contribution is 0.568. The average Bonchev–Trinajstić information content (AvgIpc) is 2.48. The van der Waals surface area contributed by atoms with Crippen LogP contribution < -0.4 is 0 Å². The Kier molecular flexibility index (Phi) is 2.99. The zero-order chi connectivity index (χ0) is 12.5. The van der Waals surface area contributed by atoms with Gasteiger partial charge in [-0.2, -0.15) is 0 Å². The average molecular weight is 226 g/mol. The van der Waals surface area contributed by atoms with Gasteiger partial charge >= 0.3 is 0 Å². The van der Waals surface area contributed by atoms with E-state index in [9.17, 15) is 0 Å². The minimum absolute atomic E-state index is 0.0730. The summed E-state index contributed by atoms with van der Waals surface area (Å²) in [6, 6.07) is 4.22. The molecule has 0 aromatic carbocycles. The van der Waals surface area contributed by atoms with Crippen molar-refractivity contribution in [2.24, 2.45) is 4.99 Å². The number of nitrogens with zero attached hydrogens (tertiary/aromatic N) is 2. The van der Waals surface area contributed by atoms with Crippen LogP contribution in [0.3, 0.4) is 0 Å². The van der Waals surface area contributed by atoms with E-state index in [4.69, 9.17) is 4.98 Å². The summed E-state index contributed by atoms with van der Waals surface area (Å²) in [7, 11) is 0. The van der Waals surface area contributed by atoms with Gasteiger partial charge < -0.3 is 0 Å². The molecule has 0 spiro atoms. The summed E-state index contributed by atoms with van der Waals surface area (Å²) in [6.45, 7) is 8.61. The van der Waals surface area contributed by atoms with E-state index in [0.29, 0.717) is 0 Å². The van der Waals surface area contributed by atoms with Crippen LogP contribution in [0.2, 0.25) is 0 Å². The fourth-order valence-corrected chi connectivity index (χ4v) is 1.71. The molecule has 0 aliphatic carbocycles. The molecule has 0 fully saturated rings. The van der Waals surface area contributed by atoms with Gasteiger partial charge in [0.1, 0.15) is 0 Å². The number of hydrogen-bond donors (Lipinski definition) is 0. The number of rotatable bonds is 1. The fourth-order valence-electron chi connectivity index (χ4n) is 1.71. The van der Waals surface area contributed by atoms with Gasteiger partial charge in [-0.25, -0.2) is 4.99 Å². The van der Waals surface area contributed by atoms with Crippen LogP contribution in [-0.2, 0) is 5.41 Å². The number of aliphatic imine (C=N–C) groups is 1. The van der Waals surface area contributed by atoms with Gasteiger partial charge in [0.25, 0.3) is 0 Å². The fraction of sp³-hybridized carbons (Fsp3) is 0.400. The van der Waals surface area contributed by atoms with Crippen LogP contribution in [0.25, 0.3) is 12.2 Å². The summed E-state index contributed by atoms with van der Waals surface area (Å²) >= 11 is 0.